The van der Waals surface area contributed by atoms with Gasteiger partial charge in [-0.25, -0.2) is 4.39 Å². The van der Waals surface area contributed by atoms with E-state index < -0.39 is 17.8 Å². The van der Waals surface area contributed by atoms with Crippen LogP contribution in [0.4, 0.5) is 10.1 Å². The molecule has 2 amide bonds. The van der Waals surface area contributed by atoms with E-state index in [9.17, 15) is 14.0 Å². The normalized spacial score (nSPS) is 11.8. The zero-order valence-corrected chi connectivity index (χ0v) is 18.6. The van der Waals surface area contributed by atoms with Crippen LogP contribution in [0.1, 0.15) is 40.3 Å². The summed E-state index contributed by atoms with van der Waals surface area (Å²) in [4.78, 5) is 24.6. The van der Waals surface area contributed by atoms with Crippen LogP contribution in [0.5, 0.6) is 0 Å². The van der Waals surface area contributed by atoms with Crippen LogP contribution in [-0.4, -0.2) is 32.3 Å². The molecule has 0 aliphatic carbocycles. The average Bonchev–Trinajstić information content (AvgIpc) is 3.06. The highest BCUT2D eigenvalue weighted by atomic mass is 32.2. The summed E-state index contributed by atoms with van der Waals surface area (Å²) < 4.78 is 15.5. The minimum Gasteiger partial charge on any atom is -0.342 e. The van der Waals surface area contributed by atoms with E-state index >= 15 is 0 Å². The number of anilines is 1. The molecule has 0 aliphatic heterocycles. The number of halogens is 1. The smallest absolute Gasteiger partial charge is 0.254 e. The number of nitrogens with one attached hydrogen (secondary N) is 2. The number of rotatable bonds is 7. The number of thioether (sulfide) groups is 1. The molecule has 7 nitrogen and oxygen atoms in total. The Bertz CT molecular complexity index is 1090. The molecule has 0 saturated heterocycles. The molecule has 1 aromatic heterocycles. The van der Waals surface area contributed by atoms with Crippen molar-refractivity contribution >= 4 is 29.3 Å². The molecule has 0 aliphatic rings. The second-order valence-corrected chi connectivity index (χ2v) is 8.23. The van der Waals surface area contributed by atoms with Crippen LogP contribution in [0, 0.1) is 19.7 Å². The minimum absolute atomic E-state index is 0.0332. The Labute approximate surface area is 184 Å². The van der Waals surface area contributed by atoms with Gasteiger partial charge in [0.25, 0.3) is 5.91 Å². The van der Waals surface area contributed by atoms with Gasteiger partial charge in [0, 0.05) is 12.7 Å². The van der Waals surface area contributed by atoms with Crippen molar-refractivity contribution in [2.45, 2.75) is 32.0 Å². The largest absolute Gasteiger partial charge is 0.342 e. The first-order chi connectivity index (χ1) is 14.7. The molecule has 0 fully saturated rings. The Balaban J connectivity index is 1.59. The summed E-state index contributed by atoms with van der Waals surface area (Å²) in [7, 11) is 1.76. The predicted molar refractivity (Wildman–Crippen MR) is 119 cm³/mol. The highest BCUT2D eigenvalue weighted by molar-refractivity contribution is 7.99. The fourth-order valence-electron chi connectivity index (χ4n) is 3.19. The summed E-state index contributed by atoms with van der Waals surface area (Å²) in [5, 5.41) is 14.4. The number of carbonyl (C=O) groups excluding carboxylic acids is 2. The lowest BCUT2D eigenvalue weighted by Crippen LogP contribution is -2.29. The maximum absolute atomic E-state index is 13.8. The molecule has 3 rings (SSSR count). The third kappa shape index (κ3) is 5.69. The van der Waals surface area contributed by atoms with Gasteiger partial charge in [-0.15, -0.1) is 10.2 Å². The predicted octanol–water partition coefficient (Wildman–Crippen LogP) is 3.79. The summed E-state index contributed by atoms with van der Waals surface area (Å²) in [5.41, 5.74) is 2.88. The first kappa shape index (κ1) is 22.5. The maximum atomic E-state index is 13.8. The van der Waals surface area contributed by atoms with Gasteiger partial charge in [0.2, 0.25) is 5.91 Å². The van der Waals surface area contributed by atoms with E-state index in [4.69, 9.17) is 0 Å². The molecule has 1 heterocycles. The van der Waals surface area contributed by atoms with E-state index in [1.165, 1.54) is 30.0 Å². The summed E-state index contributed by atoms with van der Waals surface area (Å²) >= 11 is 1.24. The first-order valence-corrected chi connectivity index (χ1v) is 10.7. The van der Waals surface area contributed by atoms with Crippen molar-refractivity contribution in [1.82, 2.24) is 20.1 Å². The van der Waals surface area contributed by atoms with E-state index in [0.29, 0.717) is 11.0 Å². The third-order valence-corrected chi connectivity index (χ3v) is 5.58. The van der Waals surface area contributed by atoms with Gasteiger partial charge >= 0.3 is 0 Å². The summed E-state index contributed by atoms with van der Waals surface area (Å²) in [6.07, 6.45) is 0. The number of benzene rings is 2. The van der Waals surface area contributed by atoms with Crippen LogP contribution < -0.4 is 10.6 Å². The molecular formula is C22H24FN5O2S. The first-order valence-electron chi connectivity index (χ1n) is 9.70. The second kappa shape index (κ2) is 9.74. The van der Waals surface area contributed by atoms with E-state index in [-0.39, 0.29) is 17.2 Å². The molecule has 3 aromatic rings. The van der Waals surface area contributed by atoms with Crippen LogP contribution in [-0.2, 0) is 11.8 Å². The minimum atomic E-state index is -0.587. The molecule has 31 heavy (non-hydrogen) atoms. The van der Waals surface area contributed by atoms with Gasteiger partial charge in [0.15, 0.2) is 11.0 Å². The molecular weight excluding hydrogens is 417 g/mol. The lowest BCUT2D eigenvalue weighted by Gasteiger charge is -2.14. The summed E-state index contributed by atoms with van der Waals surface area (Å²) in [5.74, 6) is -0.608. The molecule has 0 radical (unpaired) electrons. The van der Waals surface area contributed by atoms with Crippen molar-refractivity contribution in [3.63, 3.8) is 0 Å². The summed E-state index contributed by atoms with van der Waals surface area (Å²) in [6.45, 7) is 5.69. The van der Waals surface area contributed by atoms with Gasteiger partial charge in [-0.05, 0) is 56.2 Å². The molecule has 0 bridgehead atoms. The Hall–Kier alpha value is -3.20. The van der Waals surface area contributed by atoms with Gasteiger partial charge in [0.05, 0.1) is 17.4 Å². The van der Waals surface area contributed by atoms with E-state index in [2.05, 4.69) is 20.8 Å². The Kier molecular flexibility index (Phi) is 7.06. The lowest BCUT2D eigenvalue weighted by molar-refractivity contribution is -0.113. The average molecular weight is 442 g/mol. The molecule has 2 N–H and O–H groups in total. The fraction of sp³-hybridized carbons (Fsp3) is 0.273. The number of carbonyl (C=O) groups is 2. The van der Waals surface area contributed by atoms with Gasteiger partial charge < -0.3 is 15.2 Å². The van der Waals surface area contributed by atoms with Crippen LogP contribution in [0.25, 0.3) is 0 Å². The monoisotopic (exact) mass is 441 g/mol. The number of hydrogen-bond acceptors (Lipinski definition) is 5. The van der Waals surface area contributed by atoms with Crippen molar-refractivity contribution in [2.75, 3.05) is 11.1 Å². The highest BCUT2D eigenvalue weighted by Crippen LogP contribution is 2.20. The third-order valence-electron chi connectivity index (χ3n) is 4.56. The van der Waals surface area contributed by atoms with Crippen molar-refractivity contribution in [1.29, 1.82) is 0 Å². The second-order valence-electron chi connectivity index (χ2n) is 7.29. The van der Waals surface area contributed by atoms with Crippen LogP contribution >= 0.6 is 11.8 Å². The molecule has 9 heteroatoms. The molecule has 1 atom stereocenters. The van der Waals surface area contributed by atoms with Crippen molar-refractivity contribution in [3.05, 3.63) is 70.8 Å². The van der Waals surface area contributed by atoms with Gasteiger partial charge in [-0.1, -0.05) is 30.0 Å². The van der Waals surface area contributed by atoms with Crippen molar-refractivity contribution in [2.24, 2.45) is 7.05 Å². The SMILES string of the molecule is Cc1cc(C)cc(NC(=O)CSc2nnc([C@@H](C)NC(=O)c3ccccc3F)n2C)c1. The highest BCUT2D eigenvalue weighted by Gasteiger charge is 2.20. The fourth-order valence-corrected chi connectivity index (χ4v) is 3.91. The van der Waals surface area contributed by atoms with Gasteiger partial charge in [0.1, 0.15) is 5.82 Å². The van der Waals surface area contributed by atoms with E-state index in [1.54, 1.807) is 24.6 Å². The topological polar surface area (TPSA) is 88.9 Å². The molecule has 0 unspecified atom stereocenters. The van der Waals surface area contributed by atoms with E-state index in [0.717, 1.165) is 16.8 Å². The molecule has 0 spiro atoms. The molecule has 162 valence electrons. The van der Waals surface area contributed by atoms with Crippen LogP contribution in [0.2, 0.25) is 0 Å². The van der Waals surface area contributed by atoms with Crippen LogP contribution in [0.3, 0.4) is 0 Å². The quantitative estimate of drug-likeness (QED) is 0.545. The molecule has 0 saturated carbocycles. The standard InChI is InChI=1S/C22H24FN5O2S/c1-13-9-14(2)11-16(10-13)25-19(29)12-31-22-27-26-20(28(22)4)15(3)24-21(30)17-7-5-6-8-18(17)23/h5-11,15H,12H2,1-4H3,(H,24,30)(H,25,29)/t15-/m1/s1. The Morgan fingerprint density at radius 1 is 1.13 bits per heavy atom. The summed E-state index contributed by atoms with van der Waals surface area (Å²) in [6, 6.07) is 11.1. The Morgan fingerprint density at radius 2 is 1.81 bits per heavy atom. The van der Waals surface area contributed by atoms with Crippen LogP contribution in [0.15, 0.2) is 47.6 Å². The van der Waals surface area contributed by atoms with Crippen molar-refractivity contribution < 1.29 is 14.0 Å². The zero-order chi connectivity index (χ0) is 22.5. The number of nitrogens with zero attached hydrogens (tertiary/aromatic N) is 3. The number of aromatic nitrogens is 3. The maximum Gasteiger partial charge on any atom is 0.254 e. The lowest BCUT2D eigenvalue weighted by atomic mass is 10.1. The number of hydrogen-bond donors (Lipinski definition) is 2. The van der Waals surface area contributed by atoms with E-state index in [1.807, 2.05) is 32.0 Å². The zero-order valence-electron chi connectivity index (χ0n) is 17.8. The number of amides is 2. The van der Waals surface area contributed by atoms with Crippen molar-refractivity contribution in [3.8, 4) is 0 Å². The van der Waals surface area contributed by atoms with Gasteiger partial charge in [-0.3, -0.25) is 9.59 Å². The number of aryl methyl sites for hydroxylation is 2. The Morgan fingerprint density at radius 3 is 2.48 bits per heavy atom. The van der Waals surface area contributed by atoms with Gasteiger partial charge in [-0.2, -0.15) is 0 Å². The molecule has 2 aromatic carbocycles.